The first kappa shape index (κ1) is 17.0. The molecule has 5 heteroatoms. The van der Waals surface area contributed by atoms with Crippen LogP contribution in [0.4, 0.5) is 0 Å². The number of carbonyl (C=O) groups excluding carboxylic acids is 2. The lowest BCUT2D eigenvalue weighted by molar-refractivity contribution is -0.129. The maximum Gasteiger partial charge on any atom is 0.225 e. The SMILES string of the molecule is CC(CO)(NC(=O)C1CC(=O)N(CCc2ccccc2)C1)C1CC1. The summed E-state index contributed by atoms with van der Waals surface area (Å²) in [5.74, 6) is -0.00662. The second kappa shape index (κ2) is 6.93. The molecule has 1 saturated heterocycles. The molecule has 2 unspecified atom stereocenters. The van der Waals surface area contributed by atoms with E-state index in [0.29, 0.717) is 19.0 Å². The van der Waals surface area contributed by atoms with Crippen LogP contribution >= 0.6 is 0 Å². The number of carbonyl (C=O) groups is 2. The molecular weight excluding hydrogens is 304 g/mol. The smallest absolute Gasteiger partial charge is 0.225 e. The Labute approximate surface area is 143 Å². The highest BCUT2D eigenvalue weighted by Gasteiger charge is 2.44. The van der Waals surface area contributed by atoms with Crippen molar-refractivity contribution in [2.24, 2.45) is 11.8 Å². The number of benzene rings is 1. The number of nitrogens with zero attached hydrogens (tertiary/aromatic N) is 1. The summed E-state index contributed by atoms with van der Waals surface area (Å²) in [6, 6.07) is 10.1. The zero-order valence-electron chi connectivity index (χ0n) is 14.2. The maximum absolute atomic E-state index is 12.5. The third-order valence-corrected chi connectivity index (χ3v) is 5.31. The van der Waals surface area contributed by atoms with Gasteiger partial charge in [-0.3, -0.25) is 9.59 Å². The van der Waals surface area contributed by atoms with Gasteiger partial charge in [0.2, 0.25) is 11.8 Å². The summed E-state index contributed by atoms with van der Waals surface area (Å²) < 4.78 is 0. The third-order valence-electron chi connectivity index (χ3n) is 5.31. The van der Waals surface area contributed by atoms with E-state index in [2.05, 4.69) is 5.32 Å². The van der Waals surface area contributed by atoms with Crippen LogP contribution in [0.1, 0.15) is 31.7 Å². The Hall–Kier alpha value is -1.88. The van der Waals surface area contributed by atoms with E-state index >= 15 is 0 Å². The lowest BCUT2D eigenvalue weighted by Crippen LogP contribution is -2.52. The normalized spacial score (nSPS) is 23.2. The predicted octanol–water partition coefficient (Wildman–Crippen LogP) is 1.35. The summed E-state index contributed by atoms with van der Waals surface area (Å²) in [6.45, 7) is 2.96. The van der Waals surface area contributed by atoms with E-state index in [4.69, 9.17) is 0 Å². The van der Waals surface area contributed by atoms with Gasteiger partial charge in [-0.25, -0.2) is 0 Å². The summed E-state index contributed by atoms with van der Waals surface area (Å²) in [5.41, 5.74) is 0.650. The highest BCUT2D eigenvalue weighted by molar-refractivity contribution is 5.89. The molecule has 0 bridgehead atoms. The molecule has 2 amide bonds. The van der Waals surface area contributed by atoms with Gasteiger partial charge in [-0.05, 0) is 37.7 Å². The molecule has 130 valence electrons. The topological polar surface area (TPSA) is 69.6 Å². The molecule has 1 aliphatic carbocycles. The summed E-state index contributed by atoms with van der Waals surface area (Å²) in [5, 5.41) is 12.6. The van der Waals surface area contributed by atoms with Crippen molar-refractivity contribution in [2.75, 3.05) is 19.7 Å². The van der Waals surface area contributed by atoms with E-state index in [9.17, 15) is 14.7 Å². The van der Waals surface area contributed by atoms with Gasteiger partial charge >= 0.3 is 0 Å². The summed E-state index contributed by atoms with van der Waals surface area (Å²) >= 11 is 0. The minimum Gasteiger partial charge on any atom is -0.394 e. The molecule has 1 aromatic rings. The molecule has 24 heavy (non-hydrogen) atoms. The Morgan fingerprint density at radius 2 is 2.04 bits per heavy atom. The zero-order valence-corrected chi connectivity index (χ0v) is 14.2. The molecule has 0 spiro atoms. The van der Waals surface area contributed by atoms with Crippen LogP contribution in [0.2, 0.25) is 0 Å². The van der Waals surface area contributed by atoms with Crippen molar-refractivity contribution in [1.82, 2.24) is 10.2 Å². The molecule has 2 N–H and O–H groups in total. The Balaban J connectivity index is 1.53. The fourth-order valence-electron chi connectivity index (χ4n) is 3.45. The van der Waals surface area contributed by atoms with Gasteiger partial charge in [-0.2, -0.15) is 0 Å². The van der Waals surface area contributed by atoms with Crippen molar-refractivity contribution in [3.63, 3.8) is 0 Å². The number of likely N-dealkylation sites (tertiary alicyclic amines) is 1. The number of hydrogen-bond acceptors (Lipinski definition) is 3. The van der Waals surface area contributed by atoms with Crippen LogP contribution < -0.4 is 5.32 Å². The Morgan fingerprint density at radius 3 is 2.67 bits per heavy atom. The van der Waals surface area contributed by atoms with Crippen LogP contribution in [-0.4, -0.2) is 47.1 Å². The van der Waals surface area contributed by atoms with E-state index in [1.165, 1.54) is 5.56 Å². The molecule has 5 nitrogen and oxygen atoms in total. The number of amides is 2. The average Bonchev–Trinajstić information content (AvgIpc) is 3.38. The molecule has 1 aliphatic heterocycles. The van der Waals surface area contributed by atoms with Crippen LogP contribution in [0.15, 0.2) is 30.3 Å². The predicted molar refractivity (Wildman–Crippen MR) is 91.2 cm³/mol. The van der Waals surface area contributed by atoms with Gasteiger partial charge in [-0.15, -0.1) is 0 Å². The molecule has 3 rings (SSSR count). The first-order chi connectivity index (χ1) is 11.5. The van der Waals surface area contributed by atoms with Crippen molar-refractivity contribution in [1.29, 1.82) is 0 Å². The molecule has 1 aromatic carbocycles. The second-order valence-electron chi connectivity index (χ2n) is 7.32. The van der Waals surface area contributed by atoms with Crippen LogP contribution in [0, 0.1) is 11.8 Å². The fraction of sp³-hybridized carbons (Fsp3) is 0.579. The van der Waals surface area contributed by atoms with Gasteiger partial charge in [-0.1, -0.05) is 30.3 Å². The van der Waals surface area contributed by atoms with Gasteiger partial charge in [0, 0.05) is 19.5 Å². The van der Waals surface area contributed by atoms with Gasteiger partial charge in [0.05, 0.1) is 18.1 Å². The Morgan fingerprint density at radius 1 is 1.33 bits per heavy atom. The summed E-state index contributed by atoms with van der Waals surface area (Å²) in [4.78, 5) is 26.5. The monoisotopic (exact) mass is 330 g/mol. The van der Waals surface area contributed by atoms with E-state index in [1.807, 2.05) is 37.3 Å². The number of hydrogen-bond donors (Lipinski definition) is 2. The first-order valence-electron chi connectivity index (χ1n) is 8.76. The summed E-state index contributed by atoms with van der Waals surface area (Å²) in [6.07, 6.45) is 3.17. The summed E-state index contributed by atoms with van der Waals surface area (Å²) in [7, 11) is 0. The number of rotatable bonds is 7. The maximum atomic E-state index is 12.5. The highest BCUT2D eigenvalue weighted by Crippen LogP contribution is 2.39. The first-order valence-corrected chi connectivity index (χ1v) is 8.76. The van der Waals surface area contributed by atoms with E-state index < -0.39 is 5.54 Å². The van der Waals surface area contributed by atoms with Crippen molar-refractivity contribution in [3.05, 3.63) is 35.9 Å². The van der Waals surface area contributed by atoms with Crippen LogP contribution in [-0.2, 0) is 16.0 Å². The largest absolute Gasteiger partial charge is 0.394 e. The molecule has 2 atom stereocenters. The van der Waals surface area contributed by atoms with E-state index in [1.54, 1.807) is 4.90 Å². The van der Waals surface area contributed by atoms with Crippen LogP contribution in [0.5, 0.6) is 0 Å². The van der Waals surface area contributed by atoms with Crippen LogP contribution in [0.25, 0.3) is 0 Å². The number of nitrogens with one attached hydrogen (secondary N) is 1. The van der Waals surface area contributed by atoms with Gasteiger partial charge in [0.1, 0.15) is 0 Å². The fourth-order valence-corrected chi connectivity index (χ4v) is 3.45. The number of aliphatic hydroxyl groups excluding tert-OH is 1. The average molecular weight is 330 g/mol. The van der Waals surface area contributed by atoms with E-state index in [0.717, 1.165) is 19.3 Å². The molecular formula is C19H26N2O3. The van der Waals surface area contributed by atoms with E-state index in [-0.39, 0.29) is 30.8 Å². The second-order valence-corrected chi connectivity index (χ2v) is 7.32. The zero-order chi connectivity index (χ0) is 17.2. The molecule has 1 saturated carbocycles. The minimum absolute atomic E-state index is 0.0446. The standard InChI is InChI=1S/C19H26N2O3/c1-19(13-22,16-7-8-16)20-18(24)15-11-17(23)21(12-15)10-9-14-5-3-2-4-6-14/h2-6,15-16,22H,7-13H2,1H3,(H,20,24). The van der Waals surface area contributed by atoms with Crippen molar-refractivity contribution < 1.29 is 14.7 Å². The van der Waals surface area contributed by atoms with Gasteiger partial charge in [0.25, 0.3) is 0 Å². The lowest BCUT2D eigenvalue weighted by Gasteiger charge is -2.30. The Kier molecular flexibility index (Phi) is 4.90. The van der Waals surface area contributed by atoms with Crippen molar-refractivity contribution in [3.8, 4) is 0 Å². The molecule has 0 radical (unpaired) electrons. The molecule has 2 aliphatic rings. The molecule has 0 aromatic heterocycles. The van der Waals surface area contributed by atoms with Gasteiger partial charge < -0.3 is 15.3 Å². The quantitative estimate of drug-likeness (QED) is 0.793. The minimum atomic E-state index is -0.544. The van der Waals surface area contributed by atoms with Crippen molar-refractivity contribution >= 4 is 11.8 Å². The van der Waals surface area contributed by atoms with Crippen molar-refractivity contribution in [2.45, 2.75) is 38.1 Å². The Bertz CT molecular complexity index is 600. The number of aliphatic hydroxyl groups is 1. The van der Waals surface area contributed by atoms with Crippen LogP contribution in [0.3, 0.4) is 0 Å². The highest BCUT2D eigenvalue weighted by atomic mass is 16.3. The lowest BCUT2D eigenvalue weighted by atomic mass is 9.95. The third kappa shape index (κ3) is 3.78. The van der Waals surface area contributed by atoms with Gasteiger partial charge in [0.15, 0.2) is 0 Å². The molecule has 2 fully saturated rings. The molecule has 1 heterocycles.